The molecule has 7 heteroatoms. The van der Waals surface area contributed by atoms with Gasteiger partial charge in [-0.1, -0.05) is 42.1 Å². The number of halogens is 1. The summed E-state index contributed by atoms with van der Waals surface area (Å²) in [5.74, 6) is -0.883. The lowest BCUT2D eigenvalue weighted by Crippen LogP contribution is -2.19. The standard InChI is InChI=1S/C19H15FN4OS/c1-11-10-16-22-23-19(24(16)15-5-3-2-4-14(11)15)26-17(18(21)25)12-6-8-13(20)9-7-12/h2-10,17H,1H3,(H2,21,25). The number of rotatable bonds is 4. The average molecular weight is 366 g/mol. The van der Waals surface area contributed by atoms with E-state index >= 15 is 0 Å². The summed E-state index contributed by atoms with van der Waals surface area (Å²) in [6.45, 7) is 2.02. The zero-order chi connectivity index (χ0) is 18.3. The quantitative estimate of drug-likeness (QED) is 0.560. The first kappa shape index (κ1) is 16.5. The smallest absolute Gasteiger partial charge is 0.235 e. The lowest BCUT2D eigenvalue weighted by molar-refractivity contribution is -0.117. The van der Waals surface area contributed by atoms with Crippen molar-refractivity contribution in [1.82, 2.24) is 14.6 Å². The fourth-order valence-electron chi connectivity index (χ4n) is 2.98. The Morgan fingerprint density at radius 3 is 2.62 bits per heavy atom. The number of hydrogen-bond donors (Lipinski definition) is 1. The van der Waals surface area contributed by atoms with Crippen LogP contribution in [0.2, 0.25) is 0 Å². The van der Waals surface area contributed by atoms with Crippen LogP contribution in [0, 0.1) is 12.7 Å². The van der Waals surface area contributed by atoms with Gasteiger partial charge in [0.05, 0.1) is 5.52 Å². The molecule has 1 unspecified atom stereocenters. The highest BCUT2D eigenvalue weighted by atomic mass is 32.2. The van der Waals surface area contributed by atoms with Crippen LogP contribution in [-0.2, 0) is 4.79 Å². The van der Waals surface area contributed by atoms with Gasteiger partial charge in [0.1, 0.15) is 11.1 Å². The Balaban J connectivity index is 1.84. The molecule has 2 N–H and O–H groups in total. The Bertz CT molecular complexity index is 1120. The summed E-state index contributed by atoms with van der Waals surface area (Å²) in [5, 5.41) is 9.43. The number of nitrogens with zero attached hydrogens (tertiary/aromatic N) is 3. The van der Waals surface area contributed by atoms with Gasteiger partial charge in [0, 0.05) is 5.39 Å². The Labute approximate surface area is 153 Å². The summed E-state index contributed by atoms with van der Waals surface area (Å²) in [4.78, 5) is 12.0. The van der Waals surface area contributed by atoms with Gasteiger partial charge in [0.2, 0.25) is 5.91 Å². The average Bonchev–Trinajstić information content (AvgIpc) is 3.03. The predicted molar refractivity (Wildman–Crippen MR) is 99.4 cm³/mol. The topological polar surface area (TPSA) is 73.3 Å². The maximum Gasteiger partial charge on any atom is 0.235 e. The molecule has 0 aliphatic heterocycles. The molecule has 1 atom stereocenters. The molecular formula is C19H15FN4OS. The van der Waals surface area contributed by atoms with Crippen molar-refractivity contribution >= 4 is 34.2 Å². The van der Waals surface area contributed by atoms with E-state index in [-0.39, 0.29) is 5.82 Å². The third-order valence-corrected chi connectivity index (χ3v) is 5.44. The van der Waals surface area contributed by atoms with E-state index in [9.17, 15) is 9.18 Å². The van der Waals surface area contributed by atoms with Gasteiger partial charge in [-0.3, -0.25) is 9.20 Å². The van der Waals surface area contributed by atoms with Crippen molar-refractivity contribution in [3.05, 3.63) is 71.5 Å². The van der Waals surface area contributed by atoms with E-state index in [0.29, 0.717) is 16.4 Å². The molecule has 2 heterocycles. The Morgan fingerprint density at radius 2 is 1.88 bits per heavy atom. The molecule has 0 saturated heterocycles. The van der Waals surface area contributed by atoms with Crippen LogP contribution in [0.1, 0.15) is 16.4 Å². The monoisotopic (exact) mass is 366 g/mol. The normalized spacial score (nSPS) is 12.5. The number of hydrogen-bond acceptors (Lipinski definition) is 4. The second-order valence-corrected chi connectivity index (χ2v) is 7.04. The van der Waals surface area contributed by atoms with E-state index in [2.05, 4.69) is 10.2 Å². The SMILES string of the molecule is Cc1cc2nnc(SC(C(N)=O)c3ccc(F)cc3)n2c2ccccc12. The number of thioether (sulfide) groups is 1. The molecular weight excluding hydrogens is 351 g/mol. The van der Waals surface area contributed by atoms with Crippen LogP contribution in [0.5, 0.6) is 0 Å². The largest absolute Gasteiger partial charge is 0.368 e. The first-order valence-corrected chi connectivity index (χ1v) is 8.87. The van der Waals surface area contributed by atoms with E-state index in [0.717, 1.165) is 16.5 Å². The van der Waals surface area contributed by atoms with Crippen LogP contribution in [0.15, 0.2) is 59.8 Å². The maximum absolute atomic E-state index is 13.2. The van der Waals surface area contributed by atoms with Crippen molar-refractivity contribution in [2.24, 2.45) is 5.73 Å². The molecule has 0 saturated carbocycles. The van der Waals surface area contributed by atoms with Crippen molar-refractivity contribution in [3.8, 4) is 0 Å². The lowest BCUT2D eigenvalue weighted by Gasteiger charge is -2.13. The highest BCUT2D eigenvalue weighted by Crippen LogP contribution is 2.35. The van der Waals surface area contributed by atoms with Gasteiger partial charge in [-0.05, 0) is 42.3 Å². The summed E-state index contributed by atoms with van der Waals surface area (Å²) in [5.41, 5.74) is 8.97. The number of para-hydroxylation sites is 1. The molecule has 130 valence electrons. The highest BCUT2D eigenvalue weighted by Gasteiger charge is 2.23. The first-order valence-electron chi connectivity index (χ1n) is 7.99. The Hall–Kier alpha value is -2.93. The molecule has 0 fully saturated rings. The molecule has 0 radical (unpaired) electrons. The molecule has 5 nitrogen and oxygen atoms in total. The van der Waals surface area contributed by atoms with Crippen LogP contribution < -0.4 is 5.73 Å². The third kappa shape index (κ3) is 2.80. The van der Waals surface area contributed by atoms with E-state index < -0.39 is 11.2 Å². The zero-order valence-electron chi connectivity index (χ0n) is 13.9. The zero-order valence-corrected chi connectivity index (χ0v) is 14.7. The number of aryl methyl sites for hydroxylation is 1. The van der Waals surface area contributed by atoms with Crippen LogP contribution in [0.3, 0.4) is 0 Å². The summed E-state index contributed by atoms with van der Waals surface area (Å²) in [7, 11) is 0. The van der Waals surface area contributed by atoms with Gasteiger partial charge in [0.25, 0.3) is 0 Å². The second-order valence-electron chi connectivity index (χ2n) is 5.97. The lowest BCUT2D eigenvalue weighted by atomic mass is 10.1. The second kappa shape index (κ2) is 6.42. The number of carbonyl (C=O) groups is 1. The van der Waals surface area contributed by atoms with Crippen LogP contribution >= 0.6 is 11.8 Å². The maximum atomic E-state index is 13.2. The van der Waals surface area contributed by atoms with Crippen molar-refractivity contribution in [2.45, 2.75) is 17.3 Å². The van der Waals surface area contributed by atoms with Crippen molar-refractivity contribution in [1.29, 1.82) is 0 Å². The molecule has 0 aliphatic rings. The minimum absolute atomic E-state index is 0.364. The predicted octanol–water partition coefficient (Wildman–Crippen LogP) is 3.65. The summed E-state index contributed by atoms with van der Waals surface area (Å²) < 4.78 is 15.1. The Kier molecular flexibility index (Phi) is 4.08. The molecule has 0 bridgehead atoms. The minimum Gasteiger partial charge on any atom is -0.368 e. The van der Waals surface area contributed by atoms with E-state index in [1.54, 1.807) is 12.1 Å². The number of aromatic nitrogens is 3. The molecule has 2 aromatic carbocycles. The number of carbonyl (C=O) groups excluding carboxylic acids is 1. The molecule has 1 amide bonds. The van der Waals surface area contributed by atoms with Gasteiger partial charge in [-0.15, -0.1) is 10.2 Å². The molecule has 4 rings (SSSR count). The summed E-state index contributed by atoms with van der Waals surface area (Å²) >= 11 is 1.20. The van der Waals surface area contributed by atoms with E-state index in [4.69, 9.17) is 5.73 Å². The molecule has 0 spiro atoms. The van der Waals surface area contributed by atoms with Crippen molar-refractivity contribution < 1.29 is 9.18 Å². The van der Waals surface area contributed by atoms with E-state index in [1.165, 1.54) is 23.9 Å². The van der Waals surface area contributed by atoms with Crippen molar-refractivity contribution in [2.75, 3.05) is 0 Å². The number of fused-ring (bicyclic) bond motifs is 3. The van der Waals surface area contributed by atoms with Gasteiger partial charge < -0.3 is 5.73 Å². The first-order chi connectivity index (χ1) is 12.5. The number of pyridine rings is 1. The minimum atomic E-state index is -0.692. The molecule has 0 aliphatic carbocycles. The van der Waals surface area contributed by atoms with Gasteiger partial charge in [-0.25, -0.2) is 4.39 Å². The Morgan fingerprint density at radius 1 is 1.15 bits per heavy atom. The number of primary amides is 1. The van der Waals surface area contributed by atoms with Crippen molar-refractivity contribution in [3.63, 3.8) is 0 Å². The molecule has 26 heavy (non-hydrogen) atoms. The van der Waals surface area contributed by atoms with Gasteiger partial charge >= 0.3 is 0 Å². The fourth-order valence-corrected chi connectivity index (χ4v) is 3.99. The van der Waals surface area contributed by atoms with E-state index in [1.807, 2.05) is 41.7 Å². The third-order valence-electron chi connectivity index (χ3n) is 4.23. The summed E-state index contributed by atoms with van der Waals surface area (Å²) in [6, 6.07) is 15.6. The highest BCUT2D eigenvalue weighted by molar-refractivity contribution is 8.00. The van der Waals surface area contributed by atoms with Gasteiger partial charge in [0.15, 0.2) is 10.8 Å². The number of amides is 1. The molecule has 4 aromatic rings. The number of benzene rings is 2. The molecule has 2 aromatic heterocycles. The van der Waals surface area contributed by atoms with Gasteiger partial charge in [-0.2, -0.15) is 0 Å². The fraction of sp³-hybridized carbons (Fsp3) is 0.105. The van der Waals surface area contributed by atoms with Crippen LogP contribution in [0.25, 0.3) is 16.6 Å². The van der Waals surface area contributed by atoms with Crippen LogP contribution in [-0.4, -0.2) is 20.5 Å². The van der Waals surface area contributed by atoms with Crippen LogP contribution in [0.4, 0.5) is 4.39 Å². The number of nitrogens with two attached hydrogens (primary N) is 1. The summed E-state index contributed by atoms with van der Waals surface area (Å²) in [6.07, 6.45) is 0.